The third-order valence-corrected chi connectivity index (χ3v) is 4.69. The van der Waals surface area contributed by atoms with Crippen molar-refractivity contribution >= 4 is 5.69 Å². The fourth-order valence-corrected chi connectivity index (χ4v) is 3.01. The summed E-state index contributed by atoms with van der Waals surface area (Å²) in [5, 5.41) is 7.15. The molecule has 2 heterocycles. The van der Waals surface area contributed by atoms with Crippen molar-refractivity contribution in [3.63, 3.8) is 0 Å². The fraction of sp³-hybridized carbons (Fsp3) is 0.625. The molecular weight excluding hydrogens is 236 g/mol. The summed E-state index contributed by atoms with van der Waals surface area (Å²) >= 11 is 0. The highest BCUT2D eigenvalue weighted by Crippen LogP contribution is 2.27. The Morgan fingerprint density at radius 1 is 1.47 bits per heavy atom. The molecule has 104 valence electrons. The minimum absolute atomic E-state index is 0.119. The van der Waals surface area contributed by atoms with Crippen molar-refractivity contribution in [2.24, 2.45) is 0 Å². The summed E-state index contributed by atoms with van der Waals surface area (Å²) in [6.45, 7) is 7.34. The van der Waals surface area contributed by atoms with Gasteiger partial charge in [-0.15, -0.1) is 0 Å². The van der Waals surface area contributed by atoms with E-state index in [9.17, 15) is 0 Å². The summed E-state index contributed by atoms with van der Waals surface area (Å²) in [4.78, 5) is 0. The van der Waals surface area contributed by atoms with Crippen LogP contribution in [0.2, 0.25) is 0 Å². The average molecular weight is 260 g/mol. The first kappa shape index (κ1) is 12.9. The van der Waals surface area contributed by atoms with Crippen molar-refractivity contribution in [1.29, 1.82) is 0 Å². The van der Waals surface area contributed by atoms with Crippen LogP contribution in [0.5, 0.6) is 0 Å². The van der Waals surface area contributed by atoms with Crippen LogP contribution >= 0.6 is 0 Å². The largest absolute Gasteiger partial charge is 0.385 e. The predicted molar refractivity (Wildman–Crippen MR) is 78.5 cm³/mol. The third kappa shape index (κ3) is 2.63. The lowest BCUT2D eigenvalue weighted by Crippen LogP contribution is -2.47. The van der Waals surface area contributed by atoms with Crippen LogP contribution in [0.25, 0.3) is 0 Å². The molecule has 3 rings (SSSR count). The molecule has 3 nitrogen and oxygen atoms in total. The molecule has 0 bridgehead atoms. The van der Waals surface area contributed by atoms with Crippen LogP contribution in [0, 0.1) is 0 Å². The van der Waals surface area contributed by atoms with Gasteiger partial charge in [0.25, 0.3) is 0 Å². The van der Waals surface area contributed by atoms with E-state index < -0.39 is 0 Å². The maximum atomic E-state index is 5.67. The topological polar surface area (TPSA) is 33.3 Å². The third-order valence-electron chi connectivity index (χ3n) is 4.69. The highest BCUT2D eigenvalue weighted by atomic mass is 16.5. The molecule has 2 aliphatic heterocycles. The van der Waals surface area contributed by atoms with Crippen molar-refractivity contribution in [3.8, 4) is 0 Å². The lowest BCUT2D eigenvalue weighted by molar-refractivity contribution is 0.0881. The van der Waals surface area contributed by atoms with Gasteiger partial charge >= 0.3 is 0 Å². The van der Waals surface area contributed by atoms with Crippen LogP contribution in [0.3, 0.4) is 0 Å². The zero-order chi connectivity index (χ0) is 13.3. The molecule has 3 heteroatoms. The first-order chi connectivity index (χ1) is 9.17. The molecule has 0 radical (unpaired) electrons. The van der Waals surface area contributed by atoms with E-state index in [0.717, 1.165) is 26.1 Å². The van der Waals surface area contributed by atoms with E-state index in [1.807, 2.05) is 0 Å². The smallest absolute Gasteiger partial charge is 0.0726 e. The first-order valence-corrected chi connectivity index (χ1v) is 7.40. The Bertz CT molecular complexity index is 460. The number of hydrogen-bond donors (Lipinski definition) is 2. The number of ether oxygens (including phenoxy) is 1. The van der Waals surface area contributed by atoms with Gasteiger partial charge < -0.3 is 15.4 Å². The van der Waals surface area contributed by atoms with E-state index in [1.165, 1.54) is 29.7 Å². The number of fused-ring (bicyclic) bond motifs is 1. The quantitative estimate of drug-likeness (QED) is 0.876. The maximum Gasteiger partial charge on any atom is 0.0726 e. The normalized spacial score (nSPS) is 29.9. The van der Waals surface area contributed by atoms with E-state index in [0.29, 0.717) is 6.10 Å². The number of rotatable bonds is 3. The van der Waals surface area contributed by atoms with Gasteiger partial charge in [0.15, 0.2) is 0 Å². The van der Waals surface area contributed by atoms with Crippen LogP contribution in [-0.2, 0) is 17.7 Å². The van der Waals surface area contributed by atoms with Gasteiger partial charge in [0, 0.05) is 30.9 Å². The molecule has 0 amide bonds. The fourth-order valence-electron chi connectivity index (χ4n) is 3.01. The molecule has 1 aromatic carbocycles. The lowest BCUT2D eigenvalue weighted by Gasteiger charge is -2.29. The second kappa shape index (κ2) is 5.14. The molecule has 0 spiro atoms. The molecule has 0 saturated carbocycles. The van der Waals surface area contributed by atoms with E-state index in [4.69, 9.17) is 4.74 Å². The number of benzene rings is 1. The Hall–Kier alpha value is -1.06. The van der Waals surface area contributed by atoms with Crippen molar-refractivity contribution in [2.75, 3.05) is 18.5 Å². The summed E-state index contributed by atoms with van der Waals surface area (Å²) in [5.74, 6) is 0. The Morgan fingerprint density at radius 3 is 3.16 bits per heavy atom. The first-order valence-electron chi connectivity index (χ1n) is 7.40. The molecule has 0 aliphatic carbocycles. The molecule has 2 N–H and O–H groups in total. The predicted octanol–water partition coefficient (Wildman–Crippen LogP) is 2.70. The Kier molecular flexibility index (Phi) is 3.50. The van der Waals surface area contributed by atoms with Crippen molar-refractivity contribution in [3.05, 3.63) is 29.3 Å². The average Bonchev–Trinajstić information content (AvgIpc) is 2.77. The van der Waals surface area contributed by atoms with E-state index >= 15 is 0 Å². The van der Waals surface area contributed by atoms with E-state index in [-0.39, 0.29) is 5.54 Å². The van der Waals surface area contributed by atoms with Gasteiger partial charge in [-0.1, -0.05) is 12.1 Å². The maximum absolute atomic E-state index is 5.67. The molecule has 1 fully saturated rings. The minimum atomic E-state index is 0.119. The van der Waals surface area contributed by atoms with Crippen molar-refractivity contribution < 1.29 is 4.74 Å². The second-order valence-electron chi connectivity index (χ2n) is 6.06. The molecular formula is C16H24N2O. The standard InChI is InChI=1S/C16H24N2O/c1-12-16(2,7-9-19-12)18-11-13-5-6-15-14(10-13)4-3-8-17-15/h5-6,10,12,17-18H,3-4,7-9,11H2,1-2H3. The van der Waals surface area contributed by atoms with E-state index in [1.54, 1.807) is 0 Å². The summed E-state index contributed by atoms with van der Waals surface area (Å²) in [7, 11) is 0. The molecule has 1 saturated heterocycles. The SMILES string of the molecule is CC1OCCC1(C)NCc1ccc2c(c1)CCCN2. The van der Waals surface area contributed by atoms with Crippen LogP contribution in [0.15, 0.2) is 18.2 Å². The number of nitrogens with one attached hydrogen (secondary N) is 2. The van der Waals surface area contributed by atoms with Crippen LogP contribution in [-0.4, -0.2) is 24.8 Å². The van der Waals surface area contributed by atoms with Crippen LogP contribution in [0.1, 0.15) is 37.8 Å². The van der Waals surface area contributed by atoms with Gasteiger partial charge in [-0.25, -0.2) is 0 Å². The van der Waals surface area contributed by atoms with Gasteiger partial charge in [0.1, 0.15) is 0 Å². The van der Waals surface area contributed by atoms with Crippen molar-refractivity contribution in [2.45, 2.75) is 51.3 Å². The molecule has 19 heavy (non-hydrogen) atoms. The zero-order valence-corrected chi connectivity index (χ0v) is 12.0. The van der Waals surface area contributed by atoms with Gasteiger partial charge in [0.05, 0.1) is 6.10 Å². The van der Waals surface area contributed by atoms with Gasteiger partial charge in [-0.05, 0) is 50.3 Å². The van der Waals surface area contributed by atoms with Crippen LogP contribution in [0.4, 0.5) is 5.69 Å². The minimum Gasteiger partial charge on any atom is -0.385 e. The van der Waals surface area contributed by atoms with Crippen LogP contribution < -0.4 is 10.6 Å². The molecule has 2 aliphatic rings. The van der Waals surface area contributed by atoms with Gasteiger partial charge in [-0.2, -0.15) is 0 Å². The summed E-state index contributed by atoms with van der Waals surface area (Å²) in [6, 6.07) is 6.80. The number of anilines is 1. The molecule has 2 unspecified atom stereocenters. The molecule has 2 atom stereocenters. The highest BCUT2D eigenvalue weighted by molar-refractivity contribution is 5.54. The second-order valence-corrected chi connectivity index (χ2v) is 6.06. The number of hydrogen-bond acceptors (Lipinski definition) is 3. The Balaban J connectivity index is 1.67. The lowest BCUT2D eigenvalue weighted by atomic mass is 9.94. The summed E-state index contributed by atoms with van der Waals surface area (Å²) in [6.07, 6.45) is 3.84. The van der Waals surface area contributed by atoms with Gasteiger partial charge in [-0.3, -0.25) is 0 Å². The Labute approximate surface area is 115 Å². The summed E-state index contributed by atoms with van der Waals surface area (Å²) in [5.41, 5.74) is 4.28. The Morgan fingerprint density at radius 2 is 2.37 bits per heavy atom. The van der Waals surface area contributed by atoms with Gasteiger partial charge in [0.2, 0.25) is 0 Å². The van der Waals surface area contributed by atoms with E-state index in [2.05, 4.69) is 42.7 Å². The number of aryl methyl sites for hydroxylation is 1. The zero-order valence-electron chi connectivity index (χ0n) is 12.0. The van der Waals surface area contributed by atoms with Crippen molar-refractivity contribution in [1.82, 2.24) is 5.32 Å². The summed E-state index contributed by atoms with van der Waals surface area (Å²) < 4.78 is 5.67. The monoisotopic (exact) mass is 260 g/mol. The highest BCUT2D eigenvalue weighted by Gasteiger charge is 2.36. The molecule has 1 aromatic rings. The molecule has 0 aromatic heterocycles.